The third kappa shape index (κ3) is 3.30. The fourth-order valence-electron chi connectivity index (χ4n) is 3.17. The number of hydrogen-bond donors (Lipinski definition) is 1. The van der Waals surface area contributed by atoms with Crippen molar-refractivity contribution < 1.29 is 4.92 Å². The van der Waals surface area contributed by atoms with Crippen LogP contribution in [0.2, 0.25) is 0 Å². The number of nitrogens with one attached hydrogen (secondary N) is 1. The van der Waals surface area contributed by atoms with E-state index in [4.69, 9.17) is 0 Å². The molecule has 4 heteroatoms. The summed E-state index contributed by atoms with van der Waals surface area (Å²) < 4.78 is 0. The van der Waals surface area contributed by atoms with E-state index in [9.17, 15) is 10.1 Å². The second kappa shape index (κ2) is 6.25. The Kier molecular flexibility index (Phi) is 4.63. The maximum Gasteiger partial charge on any atom is 0.272 e. The zero-order valence-electron chi connectivity index (χ0n) is 12.6. The van der Waals surface area contributed by atoms with Crippen molar-refractivity contribution >= 4 is 11.4 Å². The maximum absolute atomic E-state index is 10.9. The Morgan fingerprint density at radius 3 is 2.70 bits per heavy atom. The quantitative estimate of drug-likeness (QED) is 0.646. The number of rotatable bonds is 4. The molecule has 0 aliphatic heterocycles. The fraction of sp³-hybridized carbons (Fsp3) is 0.625. The molecule has 0 radical (unpaired) electrons. The second-order valence-corrected chi connectivity index (χ2v) is 5.99. The Balaban J connectivity index is 2.13. The molecule has 0 spiro atoms. The highest BCUT2D eigenvalue weighted by atomic mass is 16.6. The van der Waals surface area contributed by atoms with Gasteiger partial charge in [-0.3, -0.25) is 10.1 Å². The van der Waals surface area contributed by atoms with Gasteiger partial charge in [0, 0.05) is 23.4 Å². The van der Waals surface area contributed by atoms with Gasteiger partial charge < -0.3 is 5.32 Å². The smallest absolute Gasteiger partial charge is 0.272 e. The van der Waals surface area contributed by atoms with Crippen molar-refractivity contribution in [2.24, 2.45) is 5.92 Å². The molecule has 0 saturated heterocycles. The lowest BCUT2D eigenvalue weighted by Gasteiger charge is -2.30. The van der Waals surface area contributed by atoms with Crippen LogP contribution in [0.15, 0.2) is 12.1 Å². The molecule has 2 unspecified atom stereocenters. The molecule has 1 aliphatic carbocycles. The molecule has 4 nitrogen and oxygen atoms in total. The van der Waals surface area contributed by atoms with E-state index >= 15 is 0 Å². The van der Waals surface area contributed by atoms with Gasteiger partial charge in [0.15, 0.2) is 0 Å². The predicted octanol–water partition coefficient (Wildman–Crippen LogP) is 4.59. The Morgan fingerprint density at radius 2 is 2.05 bits per heavy atom. The van der Waals surface area contributed by atoms with Gasteiger partial charge in [-0.05, 0) is 44.2 Å². The summed E-state index contributed by atoms with van der Waals surface area (Å²) in [5, 5.41) is 14.5. The first kappa shape index (κ1) is 14.8. The number of nitrogens with zero attached hydrogens (tertiary/aromatic N) is 1. The molecule has 1 aromatic carbocycles. The lowest BCUT2D eigenvalue weighted by atomic mass is 9.84. The molecule has 0 aromatic heterocycles. The van der Waals surface area contributed by atoms with Crippen molar-refractivity contribution in [2.45, 2.75) is 58.9 Å². The highest BCUT2D eigenvalue weighted by molar-refractivity contribution is 5.59. The minimum absolute atomic E-state index is 0.211. The van der Waals surface area contributed by atoms with E-state index < -0.39 is 0 Å². The van der Waals surface area contributed by atoms with Gasteiger partial charge in [-0.1, -0.05) is 26.2 Å². The number of aryl methyl sites for hydroxylation is 2. The second-order valence-electron chi connectivity index (χ2n) is 5.99. The lowest BCUT2D eigenvalue weighted by Crippen LogP contribution is -2.27. The maximum atomic E-state index is 10.9. The van der Waals surface area contributed by atoms with Gasteiger partial charge in [0.05, 0.1) is 4.92 Å². The van der Waals surface area contributed by atoms with Crippen LogP contribution in [0.4, 0.5) is 11.4 Å². The van der Waals surface area contributed by atoms with Crippen molar-refractivity contribution in [3.05, 3.63) is 33.4 Å². The van der Waals surface area contributed by atoms with Crippen LogP contribution in [0.3, 0.4) is 0 Å². The molecule has 1 N–H and O–H groups in total. The van der Waals surface area contributed by atoms with Crippen molar-refractivity contribution in [1.29, 1.82) is 0 Å². The summed E-state index contributed by atoms with van der Waals surface area (Å²) in [6, 6.07) is 4.11. The highest BCUT2D eigenvalue weighted by Crippen LogP contribution is 2.31. The van der Waals surface area contributed by atoms with Crippen LogP contribution in [-0.4, -0.2) is 11.0 Å². The number of benzene rings is 1. The Morgan fingerprint density at radius 1 is 1.30 bits per heavy atom. The third-order valence-electron chi connectivity index (χ3n) is 4.46. The van der Waals surface area contributed by atoms with Crippen LogP contribution in [0.5, 0.6) is 0 Å². The summed E-state index contributed by atoms with van der Waals surface area (Å²) in [5.41, 5.74) is 2.95. The van der Waals surface area contributed by atoms with E-state index in [0.717, 1.165) is 22.7 Å². The zero-order valence-corrected chi connectivity index (χ0v) is 12.6. The van der Waals surface area contributed by atoms with E-state index in [1.165, 1.54) is 32.1 Å². The average molecular weight is 276 g/mol. The molecule has 0 heterocycles. The van der Waals surface area contributed by atoms with Gasteiger partial charge >= 0.3 is 0 Å². The summed E-state index contributed by atoms with van der Waals surface area (Å²) in [5.74, 6) is 0.820. The normalized spacial score (nSPS) is 22.6. The number of nitro groups is 1. The minimum atomic E-state index is -0.306. The first-order valence-corrected chi connectivity index (χ1v) is 7.53. The van der Waals surface area contributed by atoms with Crippen LogP contribution < -0.4 is 5.32 Å². The predicted molar refractivity (Wildman–Crippen MR) is 82.2 cm³/mol. The van der Waals surface area contributed by atoms with Crippen molar-refractivity contribution in [1.82, 2.24) is 0 Å². The van der Waals surface area contributed by atoms with E-state index in [0.29, 0.717) is 6.04 Å². The van der Waals surface area contributed by atoms with Crippen molar-refractivity contribution in [2.75, 3.05) is 5.32 Å². The number of hydrogen-bond acceptors (Lipinski definition) is 3. The third-order valence-corrected chi connectivity index (χ3v) is 4.46. The first-order chi connectivity index (χ1) is 9.51. The molecule has 1 fully saturated rings. The fourth-order valence-corrected chi connectivity index (χ4v) is 3.17. The monoisotopic (exact) mass is 276 g/mol. The van der Waals surface area contributed by atoms with E-state index in [1.54, 1.807) is 13.0 Å². The molecule has 1 saturated carbocycles. The van der Waals surface area contributed by atoms with Crippen molar-refractivity contribution in [3.8, 4) is 0 Å². The largest absolute Gasteiger partial charge is 0.382 e. The van der Waals surface area contributed by atoms with Gasteiger partial charge in [-0.25, -0.2) is 0 Å². The Labute approximate surface area is 120 Å². The van der Waals surface area contributed by atoms with E-state index in [-0.39, 0.29) is 10.6 Å². The molecule has 0 amide bonds. The average Bonchev–Trinajstić information content (AvgIpc) is 2.42. The topological polar surface area (TPSA) is 55.2 Å². The molecule has 110 valence electrons. The molecule has 1 aliphatic rings. The summed E-state index contributed by atoms with van der Waals surface area (Å²) in [6.45, 7) is 6.00. The van der Waals surface area contributed by atoms with Gasteiger partial charge in [0.1, 0.15) is 0 Å². The molecule has 1 aromatic rings. The SMILES string of the molecule is CCC1CCCC(Nc2cc(C)c([N+](=O)[O-])cc2C)C1. The molecule has 2 rings (SSSR count). The molecule has 2 atom stereocenters. The summed E-state index contributed by atoms with van der Waals surface area (Å²) in [7, 11) is 0. The summed E-state index contributed by atoms with van der Waals surface area (Å²) in [4.78, 5) is 10.6. The number of anilines is 1. The van der Waals surface area contributed by atoms with Gasteiger partial charge in [-0.2, -0.15) is 0 Å². The molecule has 0 bridgehead atoms. The summed E-state index contributed by atoms with van der Waals surface area (Å²) >= 11 is 0. The van der Waals surface area contributed by atoms with Crippen LogP contribution in [0, 0.1) is 29.9 Å². The van der Waals surface area contributed by atoms with Gasteiger partial charge in [0.2, 0.25) is 0 Å². The first-order valence-electron chi connectivity index (χ1n) is 7.53. The highest BCUT2D eigenvalue weighted by Gasteiger charge is 2.22. The van der Waals surface area contributed by atoms with E-state index in [1.807, 2.05) is 13.0 Å². The van der Waals surface area contributed by atoms with Gasteiger partial charge in [-0.15, -0.1) is 0 Å². The molecular weight excluding hydrogens is 252 g/mol. The van der Waals surface area contributed by atoms with Crippen molar-refractivity contribution in [3.63, 3.8) is 0 Å². The van der Waals surface area contributed by atoms with Crippen LogP contribution in [0.1, 0.15) is 50.2 Å². The van der Waals surface area contributed by atoms with Crippen LogP contribution in [-0.2, 0) is 0 Å². The standard InChI is InChI=1S/C16H24N2O2/c1-4-13-6-5-7-14(10-13)17-15-8-12(3)16(18(19)20)9-11(15)2/h8-9,13-14,17H,4-7,10H2,1-3H3. The molecule has 20 heavy (non-hydrogen) atoms. The van der Waals surface area contributed by atoms with Gasteiger partial charge in [0.25, 0.3) is 5.69 Å². The molecular formula is C16H24N2O2. The van der Waals surface area contributed by atoms with Crippen LogP contribution in [0.25, 0.3) is 0 Å². The minimum Gasteiger partial charge on any atom is -0.382 e. The number of nitro benzene ring substituents is 1. The van der Waals surface area contributed by atoms with E-state index in [2.05, 4.69) is 12.2 Å². The van der Waals surface area contributed by atoms with Crippen LogP contribution >= 0.6 is 0 Å². The Bertz CT molecular complexity index is 499. The lowest BCUT2D eigenvalue weighted by molar-refractivity contribution is -0.385. The zero-order chi connectivity index (χ0) is 14.7. The Hall–Kier alpha value is -1.58. The summed E-state index contributed by atoms with van der Waals surface area (Å²) in [6.07, 6.45) is 6.28.